The molecule has 8 heteroatoms. The summed E-state index contributed by atoms with van der Waals surface area (Å²) in [5, 5.41) is 3.09. The van der Waals surface area contributed by atoms with Gasteiger partial charge in [0, 0.05) is 30.8 Å². The van der Waals surface area contributed by atoms with Gasteiger partial charge in [-0.1, -0.05) is 31.4 Å². The first kappa shape index (κ1) is 25.3. The van der Waals surface area contributed by atoms with Crippen molar-refractivity contribution in [1.82, 2.24) is 10.2 Å². The van der Waals surface area contributed by atoms with Crippen molar-refractivity contribution in [2.24, 2.45) is 0 Å². The summed E-state index contributed by atoms with van der Waals surface area (Å²) in [6.45, 7) is 1.58. The molecule has 2 amide bonds. The highest BCUT2D eigenvalue weighted by Crippen LogP contribution is 2.27. The van der Waals surface area contributed by atoms with Gasteiger partial charge in [0.2, 0.25) is 5.91 Å². The number of carbonyl (C=O) groups is 2. The lowest BCUT2D eigenvalue weighted by atomic mass is 9.95. The van der Waals surface area contributed by atoms with E-state index in [2.05, 4.69) is 5.32 Å². The number of nitrogens with zero attached hydrogens (tertiary/aromatic N) is 1. The zero-order valence-corrected chi connectivity index (χ0v) is 20.0. The van der Waals surface area contributed by atoms with Crippen molar-refractivity contribution in [3.8, 4) is 17.2 Å². The van der Waals surface area contributed by atoms with E-state index < -0.39 is 6.04 Å². The lowest BCUT2D eigenvalue weighted by Gasteiger charge is -2.31. The number of ether oxygens (including phenoxy) is 3. The average molecular weight is 473 g/mol. The molecule has 7 nitrogen and oxygen atoms in total. The third-order valence-corrected chi connectivity index (χ3v) is 6.07. The quantitative estimate of drug-likeness (QED) is 0.564. The molecule has 1 saturated carbocycles. The predicted molar refractivity (Wildman–Crippen MR) is 126 cm³/mol. The lowest BCUT2D eigenvalue weighted by molar-refractivity contribution is -0.142. The van der Waals surface area contributed by atoms with E-state index in [0.29, 0.717) is 17.2 Å². The molecular formula is C26H33FN2O5. The minimum atomic E-state index is -0.720. The molecule has 0 spiro atoms. The van der Waals surface area contributed by atoms with E-state index in [1.54, 1.807) is 37.3 Å². The van der Waals surface area contributed by atoms with Crippen molar-refractivity contribution in [2.75, 3.05) is 20.8 Å². The maximum Gasteiger partial charge on any atom is 0.261 e. The molecule has 3 rings (SSSR count). The van der Waals surface area contributed by atoms with E-state index in [4.69, 9.17) is 14.2 Å². The van der Waals surface area contributed by atoms with Crippen LogP contribution in [0.2, 0.25) is 0 Å². The van der Waals surface area contributed by atoms with Crippen LogP contribution in [0.5, 0.6) is 17.2 Å². The van der Waals surface area contributed by atoms with E-state index in [0.717, 1.165) is 31.2 Å². The summed E-state index contributed by atoms with van der Waals surface area (Å²) in [4.78, 5) is 27.7. The number of amides is 2. The van der Waals surface area contributed by atoms with Crippen molar-refractivity contribution < 1.29 is 28.2 Å². The molecule has 0 aromatic heterocycles. The molecule has 0 aliphatic heterocycles. The number of halogens is 1. The second-order valence-electron chi connectivity index (χ2n) is 8.50. The Morgan fingerprint density at radius 1 is 1.00 bits per heavy atom. The van der Waals surface area contributed by atoms with Crippen molar-refractivity contribution in [1.29, 1.82) is 0 Å². The Morgan fingerprint density at radius 3 is 2.18 bits per heavy atom. The largest absolute Gasteiger partial charge is 0.496 e. The van der Waals surface area contributed by atoms with Crippen molar-refractivity contribution in [3.63, 3.8) is 0 Å². The Balaban J connectivity index is 1.73. The van der Waals surface area contributed by atoms with Crippen LogP contribution in [0.3, 0.4) is 0 Å². The van der Waals surface area contributed by atoms with E-state index in [1.807, 2.05) is 0 Å². The summed E-state index contributed by atoms with van der Waals surface area (Å²) >= 11 is 0. The first-order valence-corrected chi connectivity index (χ1v) is 11.6. The lowest BCUT2D eigenvalue weighted by Crippen LogP contribution is -2.51. The van der Waals surface area contributed by atoms with Gasteiger partial charge in [-0.2, -0.15) is 0 Å². The number of methoxy groups -OCH3 is 2. The van der Waals surface area contributed by atoms with Gasteiger partial charge in [-0.15, -0.1) is 0 Å². The summed E-state index contributed by atoms with van der Waals surface area (Å²) in [7, 11) is 3.06. The van der Waals surface area contributed by atoms with Crippen LogP contribution in [0.15, 0.2) is 42.5 Å². The van der Waals surface area contributed by atoms with Crippen LogP contribution in [0, 0.1) is 5.82 Å². The monoisotopic (exact) mass is 472 g/mol. The second-order valence-corrected chi connectivity index (χ2v) is 8.50. The standard InChI is InChI=1S/C26H33FN2O5/c1-18(26(31)28-21-7-5-4-6-8-21)29(16-19-9-11-20(27)12-10-19)25(30)17-34-24-14-22(32-2)13-23(15-24)33-3/h9-15,18,21H,4-8,16-17H2,1-3H3,(H,28,31). The van der Waals surface area contributed by atoms with Crippen LogP contribution in [0.1, 0.15) is 44.6 Å². The third kappa shape index (κ3) is 7.10. The molecule has 1 unspecified atom stereocenters. The summed E-state index contributed by atoms with van der Waals surface area (Å²) in [6, 6.07) is 10.3. The van der Waals surface area contributed by atoms with E-state index >= 15 is 0 Å². The summed E-state index contributed by atoms with van der Waals surface area (Å²) in [6.07, 6.45) is 5.27. The number of carbonyl (C=O) groups excluding carboxylic acids is 2. The topological polar surface area (TPSA) is 77.1 Å². The maximum atomic E-state index is 13.4. The van der Waals surface area contributed by atoms with Crippen molar-refractivity contribution in [2.45, 2.75) is 57.7 Å². The molecule has 0 heterocycles. The molecule has 0 bridgehead atoms. The molecule has 1 aliphatic carbocycles. The minimum absolute atomic E-state index is 0.131. The molecule has 0 saturated heterocycles. The van der Waals surface area contributed by atoms with Crippen LogP contribution in [-0.4, -0.2) is 49.6 Å². The number of benzene rings is 2. The zero-order chi connectivity index (χ0) is 24.5. The number of hydrogen-bond acceptors (Lipinski definition) is 5. The summed E-state index contributed by atoms with van der Waals surface area (Å²) < 4.78 is 29.6. The fourth-order valence-corrected chi connectivity index (χ4v) is 4.03. The van der Waals surface area contributed by atoms with Gasteiger partial charge in [0.15, 0.2) is 6.61 Å². The molecule has 34 heavy (non-hydrogen) atoms. The molecular weight excluding hydrogens is 439 g/mol. The fraction of sp³-hybridized carbons (Fsp3) is 0.462. The Kier molecular flexibility index (Phi) is 9.13. The van der Waals surface area contributed by atoms with Gasteiger partial charge in [-0.3, -0.25) is 9.59 Å². The fourth-order valence-electron chi connectivity index (χ4n) is 4.03. The average Bonchev–Trinajstić information content (AvgIpc) is 2.86. The Labute approximate surface area is 200 Å². The third-order valence-electron chi connectivity index (χ3n) is 6.07. The predicted octanol–water partition coefficient (Wildman–Crippen LogP) is 4.09. The first-order chi connectivity index (χ1) is 16.4. The maximum absolute atomic E-state index is 13.4. The SMILES string of the molecule is COc1cc(OC)cc(OCC(=O)N(Cc2ccc(F)cc2)C(C)C(=O)NC2CCCCC2)c1. The molecule has 184 valence electrons. The highest BCUT2D eigenvalue weighted by Gasteiger charge is 2.28. The molecule has 1 atom stereocenters. The highest BCUT2D eigenvalue weighted by molar-refractivity contribution is 5.88. The van der Waals surface area contributed by atoms with Gasteiger partial charge in [0.25, 0.3) is 5.91 Å². The van der Waals surface area contributed by atoms with E-state index in [-0.39, 0.29) is 36.8 Å². The van der Waals surface area contributed by atoms with Crippen LogP contribution >= 0.6 is 0 Å². The second kappa shape index (κ2) is 12.3. The molecule has 2 aromatic carbocycles. The normalized spacial score (nSPS) is 14.7. The highest BCUT2D eigenvalue weighted by atomic mass is 19.1. The first-order valence-electron chi connectivity index (χ1n) is 11.6. The van der Waals surface area contributed by atoms with Gasteiger partial charge in [-0.05, 0) is 37.5 Å². The smallest absolute Gasteiger partial charge is 0.261 e. The summed E-state index contributed by atoms with van der Waals surface area (Å²) in [5.41, 5.74) is 0.718. The zero-order valence-electron chi connectivity index (χ0n) is 20.0. The van der Waals surface area contributed by atoms with Crippen LogP contribution < -0.4 is 19.5 Å². The Bertz CT molecular complexity index is 938. The molecule has 1 N–H and O–H groups in total. The summed E-state index contributed by atoms with van der Waals surface area (Å²) in [5.74, 6) is 0.545. The number of nitrogens with one attached hydrogen (secondary N) is 1. The van der Waals surface area contributed by atoms with Gasteiger partial charge in [0.05, 0.1) is 14.2 Å². The minimum Gasteiger partial charge on any atom is -0.496 e. The van der Waals surface area contributed by atoms with Gasteiger partial charge in [-0.25, -0.2) is 4.39 Å². The van der Waals surface area contributed by atoms with Gasteiger partial charge in [0.1, 0.15) is 29.1 Å². The van der Waals surface area contributed by atoms with Crippen LogP contribution in [-0.2, 0) is 16.1 Å². The Hall–Kier alpha value is -3.29. The number of hydrogen-bond donors (Lipinski definition) is 1. The van der Waals surface area contributed by atoms with Crippen LogP contribution in [0.25, 0.3) is 0 Å². The van der Waals surface area contributed by atoms with Gasteiger partial charge >= 0.3 is 0 Å². The van der Waals surface area contributed by atoms with E-state index in [9.17, 15) is 14.0 Å². The van der Waals surface area contributed by atoms with Crippen LogP contribution in [0.4, 0.5) is 4.39 Å². The van der Waals surface area contributed by atoms with Crippen molar-refractivity contribution >= 4 is 11.8 Å². The molecule has 1 aliphatic rings. The molecule has 1 fully saturated rings. The molecule has 2 aromatic rings. The van der Waals surface area contributed by atoms with E-state index in [1.165, 1.54) is 37.7 Å². The molecule has 0 radical (unpaired) electrons. The van der Waals surface area contributed by atoms with Crippen molar-refractivity contribution in [3.05, 3.63) is 53.8 Å². The Morgan fingerprint density at radius 2 is 1.59 bits per heavy atom. The van der Waals surface area contributed by atoms with Gasteiger partial charge < -0.3 is 24.4 Å². The number of rotatable bonds is 10.